The molecule has 1 N–H and O–H groups in total. The van der Waals surface area contributed by atoms with Gasteiger partial charge in [-0.25, -0.2) is 0 Å². The van der Waals surface area contributed by atoms with Gasteiger partial charge in [-0.1, -0.05) is 48.3 Å². The lowest BCUT2D eigenvalue weighted by molar-refractivity contribution is -0.122. The van der Waals surface area contributed by atoms with Gasteiger partial charge < -0.3 is 5.32 Å². The standard InChI is InChI=1S/C19H16Cl2N2O2S/c1-2-12-3-6-14(7-4-12)22-11-23-18(24)17(26-19(23)25)10-13-5-8-15(20)16(21)9-13/h3-10,22H,2,11H2,1H3/b17-10+. The van der Waals surface area contributed by atoms with Gasteiger partial charge in [0.2, 0.25) is 0 Å². The summed E-state index contributed by atoms with van der Waals surface area (Å²) in [4.78, 5) is 26.2. The van der Waals surface area contributed by atoms with Gasteiger partial charge in [0.1, 0.15) is 0 Å². The molecule has 0 aromatic heterocycles. The number of imide groups is 1. The van der Waals surface area contributed by atoms with Gasteiger partial charge in [0.25, 0.3) is 11.1 Å². The molecule has 0 radical (unpaired) electrons. The molecular formula is C19H16Cl2N2O2S. The molecule has 0 bridgehead atoms. The van der Waals surface area contributed by atoms with E-state index < -0.39 is 0 Å². The minimum Gasteiger partial charge on any atom is -0.367 e. The molecule has 2 aromatic rings. The van der Waals surface area contributed by atoms with Crippen molar-refractivity contribution in [2.75, 3.05) is 12.0 Å². The number of amides is 2. The summed E-state index contributed by atoms with van der Waals surface area (Å²) in [5.74, 6) is -0.330. The van der Waals surface area contributed by atoms with Crippen LogP contribution in [0, 0.1) is 0 Å². The van der Waals surface area contributed by atoms with Crippen LogP contribution >= 0.6 is 35.0 Å². The predicted molar refractivity (Wildman–Crippen MR) is 109 cm³/mol. The summed E-state index contributed by atoms with van der Waals surface area (Å²) in [7, 11) is 0. The van der Waals surface area contributed by atoms with Gasteiger partial charge >= 0.3 is 0 Å². The maximum Gasteiger partial charge on any atom is 0.295 e. The molecule has 2 amide bonds. The average molecular weight is 407 g/mol. The van der Waals surface area contributed by atoms with E-state index in [1.54, 1.807) is 24.3 Å². The molecule has 1 aliphatic heterocycles. The molecule has 0 spiro atoms. The Bertz CT molecular complexity index is 882. The molecule has 26 heavy (non-hydrogen) atoms. The van der Waals surface area contributed by atoms with Crippen molar-refractivity contribution >= 4 is 57.9 Å². The molecule has 3 rings (SSSR count). The highest BCUT2D eigenvalue weighted by molar-refractivity contribution is 8.18. The Morgan fingerprint density at radius 1 is 1.08 bits per heavy atom. The highest BCUT2D eigenvalue weighted by Crippen LogP contribution is 2.33. The fourth-order valence-electron chi connectivity index (χ4n) is 2.42. The van der Waals surface area contributed by atoms with Crippen LogP contribution in [0.5, 0.6) is 0 Å². The normalized spacial score (nSPS) is 15.8. The van der Waals surface area contributed by atoms with Gasteiger partial charge in [0.05, 0.1) is 21.6 Å². The number of anilines is 1. The van der Waals surface area contributed by atoms with Crippen molar-refractivity contribution in [3.05, 3.63) is 68.5 Å². The molecule has 0 saturated carbocycles. The van der Waals surface area contributed by atoms with Crippen molar-refractivity contribution in [1.82, 2.24) is 4.90 Å². The molecule has 134 valence electrons. The van der Waals surface area contributed by atoms with Crippen LogP contribution < -0.4 is 5.32 Å². The van der Waals surface area contributed by atoms with Crippen LogP contribution in [0.1, 0.15) is 18.1 Å². The Balaban J connectivity index is 1.69. The lowest BCUT2D eigenvalue weighted by Crippen LogP contribution is -2.33. The van der Waals surface area contributed by atoms with Gasteiger partial charge in [-0.3, -0.25) is 14.5 Å². The average Bonchev–Trinajstić information content (AvgIpc) is 2.90. The van der Waals surface area contributed by atoms with Gasteiger partial charge in [-0.2, -0.15) is 0 Å². The maximum atomic E-state index is 12.5. The van der Waals surface area contributed by atoms with E-state index in [9.17, 15) is 9.59 Å². The van der Waals surface area contributed by atoms with Crippen molar-refractivity contribution < 1.29 is 9.59 Å². The number of nitrogens with zero attached hydrogens (tertiary/aromatic N) is 1. The van der Waals surface area contributed by atoms with Crippen molar-refractivity contribution in [2.24, 2.45) is 0 Å². The second-order valence-electron chi connectivity index (χ2n) is 5.67. The molecular weight excluding hydrogens is 391 g/mol. The number of carbonyl (C=O) groups is 2. The molecule has 1 saturated heterocycles. The van der Waals surface area contributed by atoms with Crippen LogP contribution in [0.2, 0.25) is 10.0 Å². The van der Waals surface area contributed by atoms with Crippen molar-refractivity contribution in [3.63, 3.8) is 0 Å². The fraction of sp³-hybridized carbons (Fsp3) is 0.158. The Kier molecular flexibility index (Phi) is 5.91. The number of thioether (sulfide) groups is 1. The van der Waals surface area contributed by atoms with Crippen LogP contribution in [-0.2, 0) is 11.2 Å². The molecule has 1 heterocycles. The molecule has 0 aliphatic carbocycles. The third-order valence-electron chi connectivity index (χ3n) is 3.92. The second-order valence-corrected chi connectivity index (χ2v) is 7.48. The number of nitrogens with one attached hydrogen (secondary N) is 1. The molecule has 2 aromatic carbocycles. The highest BCUT2D eigenvalue weighted by Gasteiger charge is 2.34. The summed E-state index contributed by atoms with van der Waals surface area (Å²) in [5, 5.41) is 3.64. The van der Waals surface area contributed by atoms with Gasteiger partial charge in [-0.05, 0) is 59.7 Å². The highest BCUT2D eigenvalue weighted by atomic mass is 35.5. The van der Waals surface area contributed by atoms with E-state index in [4.69, 9.17) is 23.2 Å². The number of hydrogen-bond donors (Lipinski definition) is 1. The van der Waals surface area contributed by atoms with Crippen LogP contribution in [0.3, 0.4) is 0 Å². The van der Waals surface area contributed by atoms with Gasteiger partial charge in [0.15, 0.2) is 0 Å². The van der Waals surface area contributed by atoms with Gasteiger partial charge in [-0.15, -0.1) is 0 Å². The zero-order chi connectivity index (χ0) is 18.7. The first-order valence-electron chi connectivity index (χ1n) is 8.01. The van der Waals surface area contributed by atoms with Crippen molar-refractivity contribution in [1.29, 1.82) is 0 Å². The first-order valence-corrected chi connectivity index (χ1v) is 9.58. The Morgan fingerprint density at radius 2 is 1.81 bits per heavy atom. The largest absolute Gasteiger partial charge is 0.367 e. The van der Waals surface area contributed by atoms with E-state index in [1.165, 1.54) is 10.5 Å². The Morgan fingerprint density at radius 3 is 2.46 bits per heavy atom. The summed E-state index contributed by atoms with van der Waals surface area (Å²) >= 11 is 12.8. The number of halogens is 2. The molecule has 0 atom stereocenters. The zero-order valence-corrected chi connectivity index (χ0v) is 16.3. The topological polar surface area (TPSA) is 49.4 Å². The Hall–Kier alpha value is -1.95. The predicted octanol–water partition coefficient (Wildman–Crippen LogP) is 5.66. The number of hydrogen-bond acceptors (Lipinski definition) is 4. The van der Waals surface area contributed by atoms with Crippen LogP contribution in [0.4, 0.5) is 10.5 Å². The molecule has 4 nitrogen and oxygen atoms in total. The van der Waals surface area contributed by atoms with E-state index in [0.29, 0.717) is 20.5 Å². The smallest absolute Gasteiger partial charge is 0.295 e. The van der Waals surface area contributed by atoms with Crippen LogP contribution in [-0.4, -0.2) is 22.7 Å². The SMILES string of the molecule is CCc1ccc(NCN2C(=O)S/C(=C/c3ccc(Cl)c(Cl)c3)C2=O)cc1. The quantitative estimate of drug-likeness (QED) is 0.650. The minimum absolute atomic E-state index is 0.120. The summed E-state index contributed by atoms with van der Waals surface area (Å²) < 4.78 is 0. The first kappa shape index (κ1) is 18.8. The zero-order valence-electron chi connectivity index (χ0n) is 14.0. The summed E-state index contributed by atoms with van der Waals surface area (Å²) in [6.07, 6.45) is 2.60. The molecule has 1 aliphatic rings. The monoisotopic (exact) mass is 406 g/mol. The number of rotatable bonds is 5. The fourth-order valence-corrected chi connectivity index (χ4v) is 3.56. The molecule has 0 unspecified atom stereocenters. The van der Waals surface area contributed by atoms with E-state index in [0.717, 1.165) is 23.9 Å². The number of carbonyl (C=O) groups excluding carboxylic acids is 2. The second kappa shape index (κ2) is 8.16. The number of aryl methyl sites for hydroxylation is 1. The lowest BCUT2D eigenvalue weighted by Gasteiger charge is -2.14. The van der Waals surface area contributed by atoms with E-state index >= 15 is 0 Å². The Labute approximate surface area is 166 Å². The maximum absolute atomic E-state index is 12.5. The van der Waals surface area contributed by atoms with E-state index in [2.05, 4.69) is 12.2 Å². The van der Waals surface area contributed by atoms with E-state index in [-0.39, 0.29) is 17.8 Å². The van der Waals surface area contributed by atoms with Crippen LogP contribution in [0.15, 0.2) is 47.4 Å². The van der Waals surface area contributed by atoms with Gasteiger partial charge in [0, 0.05) is 5.69 Å². The summed E-state index contributed by atoms with van der Waals surface area (Å²) in [6, 6.07) is 13.0. The lowest BCUT2D eigenvalue weighted by atomic mass is 10.1. The van der Waals surface area contributed by atoms with Crippen LogP contribution in [0.25, 0.3) is 6.08 Å². The molecule has 1 fully saturated rings. The summed E-state index contributed by atoms with van der Waals surface area (Å²) in [5.41, 5.74) is 2.80. The van der Waals surface area contributed by atoms with E-state index in [1.807, 2.05) is 24.3 Å². The van der Waals surface area contributed by atoms with Crippen molar-refractivity contribution in [2.45, 2.75) is 13.3 Å². The number of benzene rings is 2. The third kappa shape index (κ3) is 4.23. The van der Waals surface area contributed by atoms with Crippen molar-refractivity contribution in [3.8, 4) is 0 Å². The summed E-state index contributed by atoms with van der Waals surface area (Å²) in [6.45, 7) is 2.21. The molecule has 7 heteroatoms. The first-order chi connectivity index (χ1) is 12.5. The third-order valence-corrected chi connectivity index (χ3v) is 5.56. The minimum atomic E-state index is -0.330.